The van der Waals surface area contributed by atoms with E-state index in [9.17, 15) is 29.4 Å². The van der Waals surface area contributed by atoms with E-state index < -0.39 is 22.0 Å². The van der Waals surface area contributed by atoms with Crippen molar-refractivity contribution in [3.8, 4) is 11.6 Å². The lowest BCUT2D eigenvalue weighted by Gasteiger charge is -2.51. The Kier molecular flexibility index (Phi) is 15.5. The normalized spacial score (nSPS) is 23.3. The molecule has 6 aromatic rings. The zero-order valence-electron chi connectivity index (χ0n) is 44.5. The summed E-state index contributed by atoms with van der Waals surface area (Å²) in [5, 5.41) is 34.6. The number of likely N-dealkylation sites (tertiary alicyclic amines) is 2. The molecule has 74 heavy (non-hydrogen) atoms. The van der Waals surface area contributed by atoms with Crippen molar-refractivity contribution in [3.63, 3.8) is 0 Å². The number of carbonyl (C=O) groups excluding carboxylic acids is 2. The molecule has 2 N–H and O–H groups in total. The number of rotatable bonds is 12. The van der Waals surface area contributed by atoms with Crippen LogP contribution in [-0.2, 0) is 22.7 Å². The highest BCUT2D eigenvalue weighted by Gasteiger charge is 2.51. The molecule has 10 rings (SSSR count). The summed E-state index contributed by atoms with van der Waals surface area (Å²) in [6.07, 6.45) is 25.0. The van der Waals surface area contributed by atoms with Crippen molar-refractivity contribution in [2.75, 3.05) is 26.2 Å². The number of amides is 2. The lowest BCUT2D eigenvalue weighted by molar-refractivity contribution is -0.158. The Morgan fingerprint density at radius 2 is 1.09 bits per heavy atom. The molecule has 4 aliphatic rings. The maximum Gasteiger partial charge on any atom is 0.269 e. The molecule has 2 aromatic carbocycles. The first-order valence-corrected chi connectivity index (χ1v) is 27.4. The third-order valence-corrected chi connectivity index (χ3v) is 17.5. The first-order chi connectivity index (χ1) is 35.3. The van der Waals surface area contributed by atoms with Crippen molar-refractivity contribution in [1.82, 2.24) is 48.5 Å². The highest BCUT2D eigenvalue weighted by Crippen LogP contribution is 2.42. The zero-order valence-corrected chi connectivity index (χ0v) is 44.5. The first-order valence-electron chi connectivity index (χ1n) is 27.4. The predicted molar refractivity (Wildman–Crippen MR) is 287 cm³/mol. The van der Waals surface area contributed by atoms with Crippen LogP contribution >= 0.6 is 0 Å². The van der Waals surface area contributed by atoms with Gasteiger partial charge in [0.2, 0.25) is 11.8 Å². The summed E-state index contributed by atoms with van der Waals surface area (Å²) >= 11 is 0. The molecular formula is C58H78N10O6. The van der Waals surface area contributed by atoms with Crippen molar-refractivity contribution in [3.05, 3.63) is 106 Å². The van der Waals surface area contributed by atoms with Crippen LogP contribution in [0.1, 0.15) is 131 Å². The standard InChI is InChI=1S/2C29H39N5O3/c1-21(15-22-9-5-4-6-10-22)27(36)32-14-13-29(37,28(2,3)19-32)20-33-18-25(30-16-26(33)35)34-17-23-11-7-8-12-24(23)31-34;1-21(15-22-9-5-4-6-10-22)27(36)32-14-13-29(37,28(2,3)19-32)20-33-18-25(30-17-26(33)35)34-24-12-8-7-11-23(24)16-31-34/h2*7-8,11-12,16-18,21-22,37H,4-6,9-10,13-15,19-20H2,1-3H3/t2*21-,29?/m11/s1. The van der Waals surface area contributed by atoms with Gasteiger partial charge in [-0.2, -0.15) is 10.2 Å². The summed E-state index contributed by atoms with van der Waals surface area (Å²) in [7, 11) is 0. The predicted octanol–water partition coefficient (Wildman–Crippen LogP) is 8.36. The van der Waals surface area contributed by atoms with Gasteiger partial charge >= 0.3 is 0 Å². The van der Waals surface area contributed by atoms with E-state index in [4.69, 9.17) is 0 Å². The minimum atomic E-state index is -1.15. The van der Waals surface area contributed by atoms with Gasteiger partial charge < -0.3 is 29.1 Å². The van der Waals surface area contributed by atoms with E-state index in [1.165, 1.54) is 85.7 Å². The van der Waals surface area contributed by atoms with Gasteiger partial charge in [-0.05, 0) is 49.7 Å². The second-order valence-corrected chi connectivity index (χ2v) is 23.8. The van der Waals surface area contributed by atoms with Crippen molar-refractivity contribution in [2.45, 2.75) is 156 Å². The van der Waals surface area contributed by atoms with Crippen LogP contribution in [0.15, 0.2) is 95.3 Å². The largest absolute Gasteiger partial charge is 0.387 e. The molecular weight excluding hydrogens is 933 g/mol. The van der Waals surface area contributed by atoms with E-state index in [2.05, 4.69) is 34.0 Å². The molecule has 2 amide bonds. The molecule has 2 unspecified atom stereocenters. The number of para-hydroxylation sites is 1. The number of carbonyl (C=O) groups is 2. The van der Waals surface area contributed by atoms with Gasteiger partial charge in [0.15, 0.2) is 11.6 Å². The number of piperidine rings is 2. The Morgan fingerprint density at radius 1 is 0.622 bits per heavy atom. The minimum absolute atomic E-state index is 0.0000484. The molecule has 0 radical (unpaired) electrons. The maximum atomic E-state index is 13.3. The Balaban J connectivity index is 0.000000182. The van der Waals surface area contributed by atoms with Gasteiger partial charge in [0.1, 0.15) is 0 Å². The van der Waals surface area contributed by atoms with Crippen LogP contribution in [-0.4, -0.2) is 108 Å². The Morgan fingerprint density at radius 3 is 1.61 bits per heavy atom. The van der Waals surface area contributed by atoms with Gasteiger partial charge in [-0.25, -0.2) is 19.3 Å². The van der Waals surface area contributed by atoms with E-state index in [0.29, 0.717) is 62.5 Å². The molecule has 6 heterocycles. The van der Waals surface area contributed by atoms with Gasteiger partial charge in [-0.1, -0.05) is 142 Å². The molecule has 0 bridgehead atoms. The third kappa shape index (κ3) is 11.3. The summed E-state index contributed by atoms with van der Waals surface area (Å²) in [5.41, 5.74) is -2.28. The molecule has 2 aliphatic carbocycles. The second kappa shape index (κ2) is 21.7. The fraction of sp³-hybridized carbons (Fsp3) is 0.586. The van der Waals surface area contributed by atoms with Gasteiger partial charge in [0.05, 0.1) is 66.3 Å². The molecule has 0 spiro atoms. The van der Waals surface area contributed by atoms with Crippen LogP contribution in [0, 0.1) is 34.5 Å². The summed E-state index contributed by atoms with van der Waals surface area (Å²) in [6.45, 7) is 14.3. The van der Waals surface area contributed by atoms with Gasteiger partial charge in [-0.3, -0.25) is 19.2 Å². The number of benzene rings is 2. The number of hydrogen-bond acceptors (Lipinski definition) is 10. The summed E-state index contributed by atoms with van der Waals surface area (Å²) < 4.78 is 6.42. The minimum Gasteiger partial charge on any atom is -0.387 e. The number of hydrogen-bond donors (Lipinski definition) is 2. The molecule has 4 atom stereocenters. The molecule has 2 saturated carbocycles. The SMILES string of the molecule is C[C@H](CC1CCCCC1)C(=O)N1CCC(O)(Cn2cc(-n3cc4ccccc4n3)ncc2=O)C(C)(C)C1.C[C@H](CC1CCCCC1)C(=O)N1CCC(O)(Cn2cc(-n3ncc4ccccc43)ncc2=O)C(C)(C)C1. The van der Waals surface area contributed by atoms with Gasteiger partial charge in [0, 0.05) is 65.8 Å². The Hall–Kier alpha value is -6.00. The highest BCUT2D eigenvalue weighted by atomic mass is 16.3. The van der Waals surface area contributed by atoms with Crippen LogP contribution in [0.3, 0.4) is 0 Å². The quantitative estimate of drug-likeness (QED) is 0.121. The van der Waals surface area contributed by atoms with E-state index >= 15 is 0 Å². The molecule has 2 aliphatic heterocycles. The summed E-state index contributed by atoms with van der Waals surface area (Å²) in [5.74, 6) is 2.72. The number of nitrogens with zero attached hydrogens (tertiary/aromatic N) is 10. The van der Waals surface area contributed by atoms with Gasteiger partial charge in [0.25, 0.3) is 11.1 Å². The third-order valence-electron chi connectivity index (χ3n) is 17.5. The molecule has 4 fully saturated rings. The topological polar surface area (TPSA) is 186 Å². The number of fused-ring (bicyclic) bond motifs is 2. The van der Waals surface area contributed by atoms with Crippen molar-refractivity contribution < 1.29 is 19.8 Å². The molecule has 2 saturated heterocycles. The molecule has 16 heteroatoms. The Labute approximate surface area is 434 Å². The second-order valence-electron chi connectivity index (χ2n) is 23.8. The molecule has 4 aromatic heterocycles. The van der Waals surface area contributed by atoms with Crippen molar-refractivity contribution >= 4 is 33.6 Å². The fourth-order valence-corrected chi connectivity index (χ4v) is 12.5. The van der Waals surface area contributed by atoms with Crippen LogP contribution in [0.4, 0.5) is 0 Å². The fourth-order valence-electron chi connectivity index (χ4n) is 12.5. The van der Waals surface area contributed by atoms with Crippen LogP contribution in [0.25, 0.3) is 33.4 Å². The Bertz CT molecular complexity index is 3010. The monoisotopic (exact) mass is 1010 g/mol. The highest BCUT2D eigenvalue weighted by molar-refractivity contribution is 5.80. The van der Waals surface area contributed by atoms with E-state index in [-0.39, 0.29) is 47.9 Å². The number of aliphatic hydroxyl groups is 2. The zero-order chi connectivity index (χ0) is 52.4. The van der Waals surface area contributed by atoms with Crippen LogP contribution in [0.5, 0.6) is 0 Å². The van der Waals surface area contributed by atoms with E-state index in [0.717, 1.165) is 34.6 Å². The summed E-state index contributed by atoms with van der Waals surface area (Å²) in [4.78, 5) is 64.7. The maximum absolute atomic E-state index is 13.3. The average molecular weight is 1010 g/mol. The average Bonchev–Trinajstić information content (AvgIpc) is 4.03. The number of aromatic nitrogens is 8. The first kappa shape index (κ1) is 52.8. The lowest BCUT2D eigenvalue weighted by atomic mass is 9.69. The van der Waals surface area contributed by atoms with Gasteiger partial charge in [-0.15, -0.1) is 0 Å². The smallest absolute Gasteiger partial charge is 0.269 e. The summed E-state index contributed by atoms with van der Waals surface area (Å²) in [6, 6.07) is 15.6. The van der Waals surface area contributed by atoms with Crippen molar-refractivity contribution in [1.29, 1.82) is 0 Å². The molecule has 16 nitrogen and oxygen atoms in total. The van der Waals surface area contributed by atoms with Crippen LogP contribution in [0.2, 0.25) is 0 Å². The lowest BCUT2D eigenvalue weighted by Crippen LogP contribution is -2.61. The van der Waals surface area contributed by atoms with Crippen molar-refractivity contribution in [2.24, 2.45) is 34.5 Å². The molecule has 396 valence electrons. The van der Waals surface area contributed by atoms with E-state index in [1.807, 2.05) is 92.2 Å². The van der Waals surface area contributed by atoms with E-state index in [1.54, 1.807) is 28.0 Å². The van der Waals surface area contributed by atoms with Crippen LogP contribution < -0.4 is 11.1 Å².